The highest BCUT2D eigenvalue weighted by Crippen LogP contribution is 2.20. The van der Waals surface area contributed by atoms with E-state index in [-0.39, 0.29) is 12.2 Å². The van der Waals surface area contributed by atoms with Crippen molar-refractivity contribution >= 4 is 0 Å². The lowest BCUT2D eigenvalue weighted by Gasteiger charge is -2.24. The van der Waals surface area contributed by atoms with Crippen molar-refractivity contribution in [2.45, 2.75) is 83.0 Å². The first-order valence-corrected chi connectivity index (χ1v) is 8.70. The predicted molar refractivity (Wildman–Crippen MR) is 87.2 cm³/mol. The molecule has 1 aliphatic carbocycles. The Kier molecular flexibility index (Phi) is 7.83. The topological polar surface area (TPSA) is 29.5 Å². The molecule has 2 nitrogen and oxygen atoms in total. The van der Waals surface area contributed by atoms with Crippen LogP contribution in [-0.2, 0) is 11.3 Å². The van der Waals surface area contributed by atoms with E-state index in [1.54, 1.807) is 0 Å². The van der Waals surface area contributed by atoms with Crippen molar-refractivity contribution in [3.63, 3.8) is 0 Å². The predicted octanol–water partition coefficient (Wildman–Crippen LogP) is 4.85. The van der Waals surface area contributed by atoms with Crippen molar-refractivity contribution in [2.24, 2.45) is 0 Å². The third-order valence-corrected chi connectivity index (χ3v) is 4.47. The highest BCUT2D eigenvalue weighted by atomic mass is 16.5. The lowest BCUT2D eigenvalue weighted by Crippen LogP contribution is -2.29. The zero-order valence-corrected chi connectivity index (χ0v) is 13.2. The molecule has 1 saturated carbocycles. The fourth-order valence-corrected chi connectivity index (χ4v) is 3.11. The number of ether oxygens (including phenoxy) is 1. The van der Waals surface area contributed by atoms with Crippen molar-refractivity contribution in [1.82, 2.24) is 0 Å². The molecule has 0 spiro atoms. The van der Waals surface area contributed by atoms with Crippen molar-refractivity contribution in [2.75, 3.05) is 0 Å². The van der Waals surface area contributed by atoms with Crippen LogP contribution >= 0.6 is 0 Å². The number of hydrogen-bond acceptors (Lipinski definition) is 2. The van der Waals surface area contributed by atoms with Crippen LogP contribution in [0.3, 0.4) is 0 Å². The highest BCUT2D eigenvalue weighted by molar-refractivity contribution is 5.13. The third-order valence-electron chi connectivity index (χ3n) is 4.47. The van der Waals surface area contributed by atoms with Crippen LogP contribution in [0.25, 0.3) is 0 Å². The molecule has 0 amide bonds. The minimum absolute atomic E-state index is 0.00429. The molecule has 118 valence electrons. The van der Waals surface area contributed by atoms with Gasteiger partial charge in [-0.3, -0.25) is 0 Å². The van der Waals surface area contributed by atoms with Gasteiger partial charge in [0.1, 0.15) is 0 Å². The molecular formula is C19H30O2. The fourth-order valence-electron chi connectivity index (χ4n) is 3.11. The second kappa shape index (κ2) is 9.97. The third kappa shape index (κ3) is 6.62. The van der Waals surface area contributed by atoms with E-state index in [4.69, 9.17) is 4.74 Å². The fraction of sp³-hybridized carbons (Fsp3) is 0.684. The summed E-state index contributed by atoms with van der Waals surface area (Å²) in [6.45, 7) is 0.614. The standard InChI is InChI=1S/C19H30O2/c20-18-14-10-5-3-1-2-4-6-11-15-19(18)21-16-17-12-8-7-9-13-17/h7-9,12-13,18-20H,1-6,10-11,14-16H2. The van der Waals surface area contributed by atoms with Gasteiger partial charge in [0, 0.05) is 0 Å². The first kappa shape index (κ1) is 16.5. The van der Waals surface area contributed by atoms with E-state index >= 15 is 0 Å². The van der Waals surface area contributed by atoms with Gasteiger partial charge in [0.05, 0.1) is 18.8 Å². The van der Waals surface area contributed by atoms with Crippen LogP contribution in [0, 0.1) is 0 Å². The number of rotatable bonds is 3. The van der Waals surface area contributed by atoms with E-state index < -0.39 is 0 Å². The monoisotopic (exact) mass is 290 g/mol. The maximum atomic E-state index is 10.4. The highest BCUT2D eigenvalue weighted by Gasteiger charge is 2.19. The summed E-state index contributed by atoms with van der Waals surface area (Å²) in [5, 5.41) is 10.4. The maximum Gasteiger partial charge on any atom is 0.0838 e. The summed E-state index contributed by atoms with van der Waals surface area (Å²) >= 11 is 0. The zero-order chi connectivity index (χ0) is 14.8. The van der Waals surface area contributed by atoms with E-state index in [9.17, 15) is 5.11 Å². The van der Waals surface area contributed by atoms with Crippen LogP contribution in [-0.4, -0.2) is 17.3 Å². The second-order valence-electron chi connectivity index (χ2n) is 6.31. The molecule has 1 aromatic rings. The Morgan fingerprint density at radius 2 is 1.38 bits per heavy atom. The Labute approximate surface area is 129 Å². The van der Waals surface area contributed by atoms with Gasteiger partial charge in [-0.25, -0.2) is 0 Å². The minimum atomic E-state index is -0.298. The van der Waals surface area contributed by atoms with Crippen molar-refractivity contribution in [3.8, 4) is 0 Å². The lowest BCUT2D eigenvalue weighted by molar-refractivity contribution is -0.0545. The van der Waals surface area contributed by atoms with Gasteiger partial charge in [0.25, 0.3) is 0 Å². The summed E-state index contributed by atoms with van der Waals surface area (Å²) in [7, 11) is 0. The first-order valence-electron chi connectivity index (χ1n) is 8.70. The smallest absolute Gasteiger partial charge is 0.0838 e. The van der Waals surface area contributed by atoms with E-state index in [0.717, 1.165) is 19.3 Å². The van der Waals surface area contributed by atoms with Crippen molar-refractivity contribution < 1.29 is 9.84 Å². The van der Waals surface area contributed by atoms with Crippen molar-refractivity contribution in [3.05, 3.63) is 35.9 Å². The van der Waals surface area contributed by atoms with Crippen LogP contribution < -0.4 is 0 Å². The molecule has 21 heavy (non-hydrogen) atoms. The SMILES string of the molecule is OC1CCCCCCCCCCC1OCc1ccccc1. The Hall–Kier alpha value is -0.860. The van der Waals surface area contributed by atoms with Crippen LogP contribution in [0.5, 0.6) is 0 Å². The largest absolute Gasteiger partial charge is 0.390 e. The quantitative estimate of drug-likeness (QED) is 0.862. The van der Waals surface area contributed by atoms with Gasteiger partial charge < -0.3 is 9.84 Å². The van der Waals surface area contributed by atoms with Gasteiger partial charge in [0.15, 0.2) is 0 Å². The van der Waals surface area contributed by atoms with Crippen molar-refractivity contribution in [1.29, 1.82) is 0 Å². The van der Waals surface area contributed by atoms with Crippen LogP contribution in [0.15, 0.2) is 30.3 Å². The molecule has 0 aliphatic heterocycles. The maximum absolute atomic E-state index is 10.4. The molecule has 0 saturated heterocycles. The van der Waals surface area contributed by atoms with E-state index in [1.165, 1.54) is 50.5 Å². The van der Waals surface area contributed by atoms with Gasteiger partial charge in [-0.1, -0.05) is 81.7 Å². The van der Waals surface area contributed by atoms with Gasteiger partial charge in [-0.05, 0) is 18.4 Å². The molecule has 2 rings (SSSR count). The molecule has 0 aromatic heterocycles. The lowest BCUT2D eigenvalue weighted by atomic mass is 9.97. The number of hydrogen-bond donors (Lipinski definition) is 1. The molecule has 0 heterocycles. The molecule has 2 heteroatoms. The molecule has 1 aliphatic rings. The van der Waals surface area contributed by atoms with Crippen LogP contribution in [0.4, 0.5) is 0 Å². The van der Waals surface area contributed by atoms with Crippen LogP contribution in [0.2, 0.25) is 0 Å². The second-order valence-corrected chi connectivity index (χ2v) is 6.31. The molecule has 1 N–H and O–H groups in total. The Morgan fingerprint density at radius 1 is 0.810 bits per heavy atom. The van der Waals surface area contributed by atoms with E-state index in [0.29, 0.717) is 6.61 Å². The van der Waals surface area contributed by atoms with Gasteiger partial charge in [0.2, 0.25) is 0 Å². The molecule has 2 atom stereocenters. The summed E-state index contributed by atoms with van der Waals surface area (Å²) in [5.74, 6) is 0. The number of benzene rings is 1. The first-order chi connectivity index (χ1) is 10.4. The summed E-state index contributed by atoms with van der Waals surface area (Å²) in [6, 6.07) is 10.3. The number of aliphatic hydroxyl groups is 1. The van der Waals surface area contributed by atoms with Gasteiger partial charge >= 0.3 is 0 Å². The molecule has 1 aromatic carbocycles. The summed E-state index contributed by atoms with van der Waals surface area (Å²) < 4.78 is 6.04. The normalized spacial score (nSPS) is 25.8. The Morgan fingerprint density at radius 3 is 2.05 bits per heavy atom. The molecule has 1 fully saturated rings. The van der Waals surface area contributed by atoms with Crippen LogP contribution in [0.1, 0.15) is 69.8 Å². The Balaban J connectivity index is 1.82. The minimum Gasteiger partial charge on any atom is -0.390 e. The molecule has 2 unspecified atom stereocenters. The average Bonchev–Trinajstić information content (AvgIpc) is 2.51. The Bertz CT molecular complexity index is 363. The van der Waals surface area contributed by atoms with Gasteiger partial charge in [-0.15, -0.1) is 0 Å². The van der Waals surface area contributed by atoms with E-state index in [2.05, 4.69) is 12.1 Å². The molecule has 0 bridgehead atoms. The van der Waals surface area contributed by atoms with E-state index in [1.807, 2.05) is 18.2 Å². The van der Waals surface area contributed by atoms with Gasteiger partial charge in [-0.2, -0.15) is 0 Å². The summed E-state index contributed by atoms with van der Waals surface area (Å²) in [4.78, 5) is 0. The average molecular weight is 290 g/mol. The number of aliphatic hydroxyl groups excluding tert-OH is 1. The summed E-state index contributed by atoms with van der Waals surface area (Å²) in [6.07, 6.45) is 11.8. The zero-order valence-electron chi connectivity index (χ0n) is 13.2. The molecule has 0 radical (unpaired) electrons. The molecular weight excluding hydrogens is 260 g/mol. The summed E-state index contributed by atoms with van der Waals surface area (Å²) in [5.41, 5.74) is 1.19.